The average molecular weight is 375 g/mol. The highest BCUT2D eigenvalue weighted by atomic mass is 19.4. The zero-order valence-corrected chi connectivity index (χ0v) is 14.6. The van der Waals surface area contributed by atoms with Crippen molar-refractivity contribution in [2.75, 3.05) is 6.61 Å². The number of aliphatic carboxylic acids is 1. The maximum atomic E-state index is 10.6. The number of carboxylic acids is 1. The Labute approximate surface area is 150 Å². The molecule has 2 fully saturated rings. The molecule has 0 aliphatic carbocycles. The highest BCUT2D eigenvalue weighted by Gasteiger charge is 2.38. The number of carboxylic acid groups (broad SMARTS) is 1. The first-order valence-electron chi connectivity index (χ1n) is 8.73. The number of fused-ring (bicyclic) bond motifs is 2. The number of hydrogen-bond acceptors (Lipinski definition) is 4. The summed E-state index contributed by atoms with van der Waals surface area (Å²) in [6, 6.07) is 9.40. The largest absolute Gasteiger partial charge is 0.494 e. The Morgan fingerprint density at radius 3 is 2.12 bits per heavy atom. The molecule has 2 N–H and O–H groups in total. The second kappa shape index (κ2) is 9.12. The normalized spacial score (nSPS) is 24.4. The molecular weight excluding hydrogens is 351 g/mol. The van der Waals surface area contributed by atoms with E-state index < -0.39 is 12.1 Å². The number of halogens is 3. The van der Waals surface area contributed by atoms with Crippen molar-refractivity contribution in [3.63, 3.8) is 0 Å². The monoisotopic (exact) mass is 375 g/mol. The molecule has 0 aromatic heterocycles. The van der Waals surface area contributed by atoms with E-state index in [4.69, 9.17) is 19.4 Å². The number of hydrogen-bond donors (Lipinski definition) is 2. The predicted octanol–water partition coefficient (Wildman–Crippen LogP) is 3.77. The minimum atomic E-state index is -5.08. The molecule has 5 nitrogen and oxygen atoms in total. The Balaban J connectivity index is 0.000000298. The molecule has 2 aliphatic heterocycles. The lowest BCUT2D eigenvalue weighted by Crippen LogP contribution is -2.42. The molecule has 0 saturated carbocycles. The van der Waals surface area contributed by atoms with Crippen LogP contribution in [0.2, 0.25) is 0 Å². The van der Waals surface area contributed by atoms with Gasteiger partial charge in [0.1, 0.15) is 17.6 Å². The van der Waals surface area contributed by atoms with Gasteiger partial charge >= 0.3 is 12.1 Å². The molecule has 26 heavy (non-hydrogen) atoms. The lowest BCUT2D eigenvalue weighted by atomic mass is 10.0. The summed E-state index contributed by atoms with van der Waals surface area (Å²) >= 11 is 0. The van der Waals surface area contributed by atoms with E-state index in [-0.39, 0.29) is 0 Å². The van der Waals surface area contributed by atoms with E-state index in [2.05, 4.69) is 12.2 Å². The van der Waals surface area contributed by atoms with Crippen LogP contribution in [0.5, 0.6) is 11.5 Å². The number of rotatable bonds is 5. The summed E-state index contributed by atoms with van der Waals surface area (Å²) in [5.74, 6) is -0.859. The lowest BCUT2D eigenvalue weighted by Gasteiger charge is -2.29. The fourth-order valence-electron chi connectivity index (χ4n) is 3.13. The molecule has 146 valence electrons. The van der Waals surface area contributed by atoms with Crippen molar-refractivity contribution in [2.24, 2.45) is 0 Å². The number of benzene rings is 1. The zero-order chi connectivity index (χ0) is 19.2. The first-order valence-corrected chi connectivity index (χ1v) is 8.73. The van der Waals surface area contributed by atoms with Gasteiger partial charge in [-0.05, 0) is 56.4 Å². The van der Waals surface area contributed by atoms with Gasteiger partial charge in [0.25, 0.3) is 0 Å². The van der Waals surface area contributed by atoms with Crippen LogP contribution in [0.3, 0.4) is 0 Å². The van der Waals surface area contributed by atoms with Crippen molar-refractivity contribution < 1.29 is 32.5 Å². The number of alkyl halides is 3. The zero-order valence-electron chi connectivity index (χ0n) is 14.6. The predicted molar refractivity (Wildman–Crippen MR) is 89.5 cm³/mol. The summed E-state index contributed by atoms with van der Waals surface area (Å²) in [6.07, 6.45) is 1.25. The summed E-state index contributed by atoms with van der Waals surface area (Å²) in [5, 5.41) is 10.8. The van der Waals surface area contributed by atoms with Crippen LogP contribution in [0.1, 0.15) is 39.0 Å². The van der Waals surface area contributed by atoms with E-state index >= 15 is 0 Å². The Morgan fingerprint density at radius 2 is 1.65 bits per heavy atom. The van der Waals surface area contributed by atoms with Gasteiger partial charge < -0.3 is 19.9 Å². The molecule has 3 atom stereocenters. The minimum Gasteiger partial charge on any atom is -0.494 e. The van der Waals surface area contributed by atoms with Crippen LogP contribution in [-0.2, 0) is 4.79 Å². The third kappa shape index (κ3) is 6.40. The number of nitrogens with one attached hydrogen (secondary N) is 1. The van der Waals surface area contributed by atoms with Gasteiger partial charge in [0.05, 0.1) is 6.61 Å². The summed E-state index contributed by atoms with van der Waals surface area (Å²) in [7, 11) is 0. The molecular formula is C18H24F3NO4. The van der Waals surface area contributed by atoms with Crippen molar-refractivity contribution in [2.45, 2.75) is 63.4 Å². The molecule has 1 aromatic rings. The van der Waals surface area contributed by atoms with E-state index in [1.54, 1.807) is 0 Å². The van der Waals surface area contributed by atoms with E-state index in [0.29, 0.717) is 18.2 Å². The van der Waals surface area contributed by atoms with E-state index in [0.717, 1.165) is 37.4 Å². The minimum absolute atomic E-state index is 0.376. The molecule has 2 aliphatic rings. The van der Waals surface area contributed by atoms with Gasteiger partial charge in [0.15, 0.2) is 0 Å². The lowest BCUT2D eigenvalue weighted by molar-refractivity contribution is -0.192. The van der Waals surface area contributed by atoms with E-state index in [9.17, 15) is 13.2 Å². The van der Waals surface area contributed by atoms with Gasteiger partial charge in [0, 0.05) is 12.1 Å². The van der Waals surface area contributed by atoms with E-state index in [1.807, 2.05) is 24.3 Å². The van der Waals surface area contributed by atoms with Crippen LogP contribution in [-0.4, -0.2) is 42.0 Å². The fraction of sp³-hybridized carbons (Fsp3) is 0.611. The first kappa shape index (κ1) is 20.4. The fourth-order valence-corrected chi connectivity index (χ4v) is 3.13. The Kier molecular flexibility index (Phi) is 7.14. The SMILES string of the molecule is CCCOc1ccc(O[C@@H]2C[C@H]3CC[C@@H](C2)N3)cc1.O=C(O)C(F)(F)F. The van der Waals surface area contributed by atoms with Crippen molar-refractivity contribution in [3.05, 3.63) is 24.3 Å². The van der Waals surface area contributed by atoms with Crippen molar-refractivity contribution in [1.29, 1.82) is 0 Å². The average Bonchev–Trinajstić information content (AvgIpc) is 2.92. The van der Waals surface area contributed by atoms with Gasteiger partial charge in [-0.25, -0.2) is 4.79 Å². The topological polar surface area (TPSA) is 67.8 Å². The van der Waals surface area contributed by atoms with Crippen LogP contribution in [0.4, 0.5) is 13.2 Å². The summed E-state index contributed by atoms with van der Waals surface area (Å²) < 4.78 is 43.4. The van der Waals surface area contributed by atoms with Gasteiger partial charge in [-0.1, -0.05) is 6.92 Å². The van der Waals surface area contributed by atoms with Crippen LogP contribution in [0.25, 0.3) is 0 Å². The highest BCUT2D eigenvalue weighted by molar-refractivity contribution is 5.73. The molecule has 8 heteroatoms. The molecule has 0 spiro atoms. The first-order chi connectivity index (χ1) is 12.3. The van der Waals surface area contributed by atoms with Crippen LogP contribution in [0.15, 0.2) is 24.3 Å². The molecule has 1 aromatic carbocycles. The van der Waals surface area contributed by atoms with Crippen LogP contribution < -0.4 is 14.8 Å². The van der Waals surface area contributed by atoms with Gasteiger partial charge in [-0.15, -0.1) is 0 Å². The molecule has 0 radical (unpaired) electrons. The number of piperidine rings is 1. The molecule has 2 saturated heterocycles. The summed E-state index contributed by atoms with van der Waals surface area (Å²) in [6.45, 7) is 2.89. The second-order valence-electron chi connectivity index (χ2n) is 6.47. The number of ether oxygens (including phenoxy) is 2. The van der Waals surface area contributed by atoms with E-state index in [1.165, 1.54) is 12.8 Å². The quantitative estimate of drug-likeness (QED) is 0.820. The highest BCUT2D eigenvalue weighted by Crippen LogP contribution is 2.30. The van der Waals surface area contributed by atoms with Crippen LogP contribution in [0, 0.1) is 0 Å². The molecule has 2 heterocycles. The van der Waals surface area contributed by atoms with Gasteiger partial charge in [0.2, 0.25) is 0 Å². The molecule has 3 rings (SSSR count). The Morgan fingerprint density at radius 1 is 1.15 bits per heavy atom. The van der Waals surface area contributed by atoms with Crippen molar-refractivity contribution in [1.82, 2.24) is 5.32 Å². The molecule has 2 bridgehead atoms. The summed E-state index contributed by atoms with van der Waals surface area (Å²) in [4.78, 5) is 8.90. The second-order valence-corrected chi connectivity index (χ2v) is 6.47. The summed E-state index contributed by atoms with van der Waals surface area (Å²) in [5.41, 5.74) is 0. The smallest absolute Gasteiger partial charge is 0.490 e. The van der Waals surface area contributed by atoms with Gasteiger partial charge in [-0.3, -0.25) is 0 Å². The molecule has 0 unspecified atom stereocenters. The van der Waals surface area contributed by atoms with Crippen molar-refractivity contribution >= 4 is 5.97 Å². The maximum absolute atomic E-state index is 10.6. The third-order valence-corrected chi connectivity index (χ3v) is 4.27. The molecule has 0 amide bonds. The van der Waals surface area contributed by atoms with Crippen LogP contribution >= 0.6 is 0 Å². The Bertz CT molecular complexity index is 565. The maximum Gasteiger partial charge on any atom is 0.490 e. The van der Waals surface area contributed by atoms with Crippen molar-refractivity contribution in [3.8, 4) is 11.5 Å². The Hall–Kier alpha value is -1.96. The standard InChI is InChI=1S/C16H23NO2.C2HF3O2/c1-2-9-18-14-5-7-15(8-6-14)19-16-10-12-3-4-13(11-16)17-12;3-2(4,5)1(6)7/h5-8,12-13,16-17H,2-4,9-11H2,1H3;(H,6,7)/t12-,13+,16-;. The van der Waals surface area contributed by atoms with Gasteiger partial charge in [-0.2, -0.15) is 13.2 Å². The number of carbonyl (C=O) groups is 1. The third-order valence-electron chi connectivity index (χ3n) is 4.27.